The Balaban J connectivity index is 1.87. The van der Waals surface area contributed by atoms with Crippen LogP contribution in [0.2, 0.25) is 0 Å². The molecule has 3 fully saturated rings. The van der Waals surface area contributed by atoms with Crippen molar-refractivity contribution in [1.29, 1.82) is 0 Å². The van der Waals surface area contributed by atoms with Crippen molar-refractivity contribution in [3.63, 3.8) is 0 Å². The predicted molar refractivity (Wildman–Crippen MR) is 33.7 cm³/mol. The van der Waals surface area contributed by atoms with Gasteiger partial charge in [0, 0.05) is 5.54 Å². The molecule has 46 valence electrons. The van der Waals surface area contributed by atoms with Crippen LogP contribution in [0.25, 0.3) is 0 Å². The molecule has 0 unspecified atom stereocenters. The van der Waals surface area contributed by atoms with Crippen molar-refractivity contribution in [1.82, 2.24) is 5.32 Å². The maximum Gasteiger partial charge on any atom is 0.0189 e. The molecule has 3 aliphatic carbocycles. The molecule has 0 amide bonds. The Hall–Kier alpha value is -0.0400. The van der Waals surface area contributed by atoms with Crippen LogP contribution in [0.3, 0.4) is 0 Å². The largest absolute Gasteiger partial charge is 0.311 e. The first-order valence-corrected chi connectivity index (χ1v) is 3.60. The molecule has 8 heavy (non-hydrogen) atoms. The Bertz CT molecular complexity index is 91.9. The second-order valence-corrected chi connectivity index (χ2v) is 3.29. The topological polar surface area (TPSA) is 12.0 Å². The summed E-state index contributed by atoms with van der Waals surface area (Å²) in [4.78, 5) is 0. The Morgan fingerprint density at radius 3 is 2.25 bits per heavy atom. The Kier molecular flexibility index (Phi) is 0.762. The molecule has 0 aromatic heterocycles. The van der Waals surface area contributed by atoms with Gasteiger partial charge in [-0.2, -0.15) is 0 Å². The molecule has 1 N–H and O–H groups in total. The van der Waals surface area contributed by atoms with Gasteiger partial charge in [-0.15, -0.1) is 0 Å². The van der Waals surface area contributed by atoms with E-state index in [0.717, 1.165) is 12.5 Å². The third-order valence-corrected chi connectivity index (χ3v) is 2.59. The fourth-order valence-electron chi connectivity index (χ4n) is 2.07. The van der Waals surface area contributed by atoms with Gasteiger partial charge in [0.2, 0.25) is 0 Å². The van der Waals surface area contributed by atoms with Crippen molar-refractivity contribution in [3.05, 3.63) is 0 Å². The van der Waals surface area contributed by atoms with Crippen molar-refractivity contribution in [2.75, 3.05) is 6.54 Å². The molecule has 0 saturated heterocycles. The summed E-state index contributed by atoms with van der Waals surface area (Å²) in [5.74, 6) is 1.12. The molecule has 3 aliphatic rings. The van der Waals surface area contributed by atoms with Crippen molar-refractivity contribution in [2.45, 2.75) is 31.7 Å². The lowest BCUT2D eigenvalue weighted by molar-refractivity contribution is -0.0490. The summed E-state index contributed by atoms with van der Waals surface area (Å²) in [7, 11) is 0. The first kappa shape index (κ1) is 4.80. The SMILES string of the molecule is CCNC12CC(C1)C2. The second-order valence-electron chi connectivity index (χ2n) is 3.29. The van der Waals surface area contributed by atoms with Crippen LogP contribution in [0, 0.1) is 5.92 Å². The molecule has 0 aromatic rings. The van der Waals surface area contributed by atoms with Crippen LogP contribution in [-0.4, -0.2) is 12.1 Å². The molecular formula is C7H13N. The van der Waals surface area contributed by atoms with E-state index in [1.54, 1.807) is 0 Å². The number of nitrogens with one attached hydrogen (secondary N) is 1. The van der Waals surface area contributed by atoms with E-state index >= 15 is 0 Å². The second kappa shape index (κ2) is 1.27. The van der Waals surface area contributed by atoms with E-state index in [1.807, 2.05) is 0 Å². The third kappa shape index (κ3) is 0.408. The van der Waals surface area contributed by atoms with Gasteiger partial charge in [-0.1, -0.05) is 6.92 Å². The van der Waals surface area contributed by atoms with E-state index in [4.69, 9.17) is 0 Å². The monoisotopic (exact) mass is 111 g/mol. The molecular weight excluding hydrogens is 98.1 g/mol. The summed E-state index contributed by atoms with van der Waals surface area (Å²) in [6.07, 6.45) is 4.42. The normalized spacial score (nSPS) is 49.9. The Morgan fingerprint density at radius 2 is 2.12 bits per heavy atom. The van der Waals surface area contributed by atoms with Crippen molar-refractivity contribution in [2.24, 2.45) is 5.92 Å². The van der Waals surface area contributed by atoms with Gasteiger partial charge in [-0.25, -0.2) is 0 Å². The first-order chi connectivity index (χ1) is 3.85. The molecule has 0 heterocycles. The Morgan fingerprint density at radius 1 is 1.50 bits per heavy atom. The van der Waals surface area contributed by atoms with Crippen LogP contribution in [-0.2, 0) is 0 Å². The van der Waals surface area contributed by atoms with Gasteiger partial charge in [-0.3, -0.25) is 0 Å². The molecule has 0 aromatic carbocycles. The fraction of sp³-hybridized carbons (Fsp3) is 1.00. The maximum absolute atomic E-state index is 3.52. The molecule has 0 aliphatic heterocycles. The number of hydrogen-bond acceptors (Lipinski definition) is 1. The highest BCUT2D eigenvalue weighted by molar-refractivity contribution is 5.13. The highest BCUT2D eigenvalue weighted by Gasteiger charge is 2.55. The molecule has 0 spiro atoms. The van der Waals surface area contributed by atoms with Crippen LogP contribution >= 0.6 is 0 Å². The lowest BCUT2D eigenvalue weighted by atomic mass is 9.50. The predicted octanol–water partition coefficient (Wildman–Crippen LogP) is 1.15. The Labute approximate surface area is 50.5 Å². The summed E-state index contributed by atoms with van der Waals surface area (Å²) in [5, 5.41) is 3.52. The van der Waals surface area contributed by atoms with Gasteiger partial charge >= 0.3 is 0 Å². The fourth-order valence-corrected chi connectivity index (χ4v) is 2.07. The number of rotatable bonds is 2. The van der Waals surface area contributed by atoms with E-state index in [1.165, 1.54) is 19.3 Å². The zero-order valence-electron chi connectivity index (χ0n) is 5.41. The summed E-state index contributed by atoms with van der Waals surface area (Å²) in [6.45, 7) is 3.35. The van der Waals surface area contributed by atoms with E-state index in [0.29, 0.717) is 5.54 Å². The minimum atomic E-state index is 0.666. The molecule has 0 radical (unpaired) electrons. The zero-order chi connectivity index (χ0) is 5.61. The van der Waals surface area contributed by atoms with Crippen molar-refractivity contribution < 1.29 is 0 Å². The average molecular weight is 111 g/mol. The lowest BCUT2D eigenvalue weighted by Crippen LogP contribution is -2.66. The quantitative estimate of drug-likeness (QED) is 0.563. The highest BCUT2D eigenvalue weighted by Crippen LogP contribution is 2.56. The smallest absolute Gasteiger partial charge is 0.0189 e. The number of hydrogen-bond donors (Lipinski definition) is 1. The van der Waals surface area contributed by atoms with Crippen LogP contribution in [0.15, 0.2) is 0 Å². The molecule has 3 saturated carbocycles. The van der Waals surface area contributed by atoms with Gasteiger partial charge in [0.1, 0.15) is 0 Å². The third-order valence-electron chi connectivity index (χ3n) is 2.59. The highest BCUT2D eigenvalue weighted by atomic mass is 15.0. The molecule has 2 bridgehead atoms. The summed E-state index contributed by atoms with van der Waals surface area (Å²) in [5.41, 5.74) is 0.666. The molecule has 0 atom stereocenters. The molecule has 1 heteroatoms. The van der Waals surface area contributed by atoms with E-state index < -0.39 is 0 Å². The van der Waals surface area contributed by atoms with E-state index in [-0.39, 0.29) is 0 Å². The minimum Gasteiger partial charge on any atom is -0.311 e. The van der Waals surface area contributed by atoms with Crippen molar-refractivity contribution >= 4 is 0 Å². The zero-order valence-corrected chi connectivity index (χ0v) is 5.41. The maximum atomic E-state index is 3.52. The van der Waals surface area contributed by atoms with Gasteiger partial charge in [-0.05, 0) is 31.7 Å². The molecule has 1 nitrogen and oxygen atoms in total. The van der Waals surface area contributed by atoms with Gasteiger partial charge in [0.05, 0.1) is 0 Å². The summed E-state index contributed by atoms with van der Waals surface area (Å²) < 4.78 is 0. The van der Waals surface area contributed by atoms with E-state index in [9.17, 15) is 0 Å². The van der Waals surface area contributed by atoms with Crippen LogP contribution in [0.5, 0.6) is 0 Å². The minimum absolute atomic E-state index is 0.666. The summed E-state index contributed by atoms with van der Waals surface area (Å²) >= 11 is 0. The van der Waals surface area contributed by atoms with Gasteiger partial charge in [0.25, 0.3) is 0 Å². The first-order valence-electron chi connectivity index (χ1n) is 3.60. The van der Waals surface area contributed by atoms with Crippen LogP contribution in [0.1, 0.15) is 26.2 Å². The van der Waals surface area contributed by atoms with Crippen LogP contribution < -0.4 is 5.32 Å². The van der Waals surface area contributed by atoms with Crippen LogP contribution in [0.4, 0.5) is 0 Å². The van der Waals surface area contributed by atoms with Gasteiger partial charge < -0.3 is 5.32 Å². The molecule has 3 rings (SSSR count). The lowest BCUT2D eigenvalue weighted by Gasteiger charge is -2.62. The van der Waals surface area contributed by atoms with Crippen molar-refractivity contribution in [3.8, 4) is 0 Å². The van der Waals surface area contributed by atoms with Gasteiger partial charge in [0.15, 0.2) is 0 Å². The standard InChI is InChI=1S/C7H13N/c1-2-8-7-3-6(4-7)5-7/h6,8H,2-5H2,1H3. The summed E-state index contributed by atoms with van der Waals surface area (Å²) in [6, 6.07) is 0. The van der Waals surface area contributed by atoms with E-state index in [2.05, 4.69) is 12.2 Å². The average Bonchev–Trinajstić information content (AvgIpc) is 1.50.